The maximum atomic E-state index is 3.80. The third kappa shape index (κ3) is 6.22. The molecule has 0 saturated carbocycles. The summed E-state index contributed by atoms with van der Waals surface area (Å²) in [5.41, 5.74) is 5.20. The molecule has 1 radical (unpaired) electrons. The normalized spacial score (nSPS) is 12.2. The SMILES string of the molecule is CCC/C(C#C[Si](C)(C)c1ccccc1)=C(/CCC)[Si](c1ccccc1)c1ccccc1. The standard InChI is InChI=1S/C30H35Si2/c1-5-16-26(24-25-32(3,4)29-22-14-9-15-23-29)30(17-6-2)31(27-18-10-7-11-19-27)28-20-12-8-13-21-28/h7-15,18-23H,5-6,16-17H2,1-4H3/b30-26+. The average molecular weight is 452 g/mol. The predicted molar refractivity (Wildman–Crippen MR) is 146 cm³/mol. The van der Waals surface area contributed by atoms with Gasteiger partial charge in [-0.15, -0.1) is 5.54 Å². The summed E-state index contributed by atoms with van der Waals surface area (Å²) in [7, 11) is -2.88. The van der Waals surface area contributed by atoms with Crippen LogP contribution in [0.15, 0.2) is 102 Å². The van der Waals surface area contributed by atoms with E-state index in [0.29, 0.717) is 0 Å². The van der Waals surface area contributed by atoms with E-state index in [9.17, 15) is 0 Å². The molecule has 163 valence electrons. The fraction of sp³-hybridized carbons (Fsp3) is 0.267. The Bertz CT molecular complexity index is 1020. The molecular formula is C30H35Si2. The van der Waals surface area contributed by atoms with E-state index in [-0.39, 0.29) is 0 Å². The molecule has 3 rings (SSSR count). The average Bonchev–Trinajstić information content (AvgIpc) is 2.83. The fourth-order valence-corrected chi connectivity index (χ4v) is 8.80. The lowest BCUT2D eigenvalue weighted by Crippen LogP contribution is -2.44. The minimum atomic E-state index is -1.82. The third-order valence-electron chi connectivity index (χ3n) is 5.81. The Morgan fingerprint density at radius 3 is 1.62 bits per heavy atom. The van der Waals surface area contributed by atoms with Gasteiger partial charge in [0.2, 0.25) is 0 Å². The second-order valence-electron chi connectivity index (χ2n) is 8.81. The van der Waals surface area contributed by atoms with Crippen LogP contribution in [-0.4, -0.2) is 16.9 Å². The van der Waals surface area contributed by atoms with Crippen LogP contribution in [0.2, 0.25) is 13.1 Å². The Labute approximate surface area is 198 Å². The molecule has 32 heavy (non-hydrogen) atoms. The summed E-state index contributed by atoms with van der Waals surface area (Å²) in [5.74, 6) is 3.78. The summed E-state index contributed by atoms with van der Waals surface area (Å²) >= 11 is 0. The lowest BCUT2D eigenvalue weighted by atomic mass is 10.1. The summed E-state index contributed by atoms with van der Waals surface area (Å²) in [5, 5.41) is 5.93. The molecule has 0 bridgehead atoms. The highest BCUT2D eigenvalue weighted by atomic mass is 28.3. The molecule has 0 aliphatic carbocycles. The van der Waals surface area contributed by atoms with Gasteiger partial charge in [0.05, 0.1) is 0 Å². The molecule has 0 unspecified atom stereocenters. The first kappa shape index (κ1) is 24.0. The van der Waals surface area contributed by atoms with Crippen LogP contribution in [0.3, 0.4) is 0 Å². The Hall–Kier alpha value is -2.61. The van der Waals surface area contributed by atoms with E-state index in [1.165, 1.54) is 21.1 Å². The van der Waals surface area contributed by atoms with E-state index in [0.717, 1.165) is 25.7 Å². The number of rotatable bonds is 8. The molecule has 0 saturated heterocycles. The quantitative estimate of drug-likeness (QED) is 0.296. The largest absolute Gasteiger partial charge is 0.163 e. The van der Waals surface area contributed by atoms with Crippen LogP contribution in [0.4, 0.5) is 0 Å². The minimum Gasteiger partial charge on any atom is -0.121 e. The molecule has 0 fully saturated rings. The smallest absolute Gasteiger partial charge is 0.121 e. The van der Waals surface area contributed by atoms with Crippen molar-refractivity contribution in [2.45, 2.75) is 52.6 Å². The van der Waals surface area contributed by atoms with Gasteiger partial charge in [0.1, 0.15) is 0 Å². The molecule has 0 amide bonds. The zero-order valence-corrected chi connectivity index (χ0v) is 22.0. The molecule has 3 aromatic carbocycles. The van der Waals surface area contributed by atoms with Gasteiger partial charge in [0, 0.05) is 0 Å². The van der Waals surface area contributed by atoms with Gasteiger partial charge >= 0.3 is 0 Å². The van der Waals surface area contributed by atoms with E-state index in [1.54, 1.807) is 5.20 Å². The number of hydrogen-bond donors (Lipinski definition) is 0. The molecule has 0 N–H and O–H groups in total. The van der Waals surface area contributed by atoms with E-state index in [1.807, 2.05) is 0 Å². The maximum Gasteiger partial charge on any atom is 0.163 e. The Balaban J connectivity index is 2.16. The van der Waals surface area contributed by atoms with Gasteiger partial charge in [0.15, 0.2) is 16.9 Å². The van der Waals surface area contributed by atoms with Gasteiger partial charge in [-0.05, 0) is 23.6 Å². The number of hydrogen-bond acceptors (Lipinski definition) is 0. The molecule has 3 aromatic rings. The third-order valence-corrected chi connectivity index (χ3v) is 11.3. The molecule has 2 heteroatoms. The van der Waals surface area contributed by atoms with Crippen molar-refractivity contribution < 1.29 is 0 Å². The summed E-state index contributed by atoms with van der Waals surface area (Å²) in [6.07, 6.45) is 4.46. The Kier molecular flexibility index (Phi) is 8.91. The Morgan fingerprint density at radius 2 is 1.16 bits per heavy atom. The fourth-order valence-electron chi connectivity index (χ4n) is 4.10. The highest BCUT2D eigenvalue weighted by Crippen LogP contribution is 2.20. The van der Waals surface area contributed by atoms with Crippen molar-refractivity contribution in [3.63, 3.8) is 0 Å². The molecular weight excluding hydrogens is 417 g/mol. The van der Waals surface area contributed by atoms with Crippen molar-refractivity contribution in [3.05, 3.63) is 102 Å². The first-order chi connectivity index (χ1) is 15.6. The van der Waals surface area contributed by atoms with Gasteiger partial charge in [0.25, 0.3) is 0 Å². The molecule has 0 atom stereocenters. The molecule has 0 nitrogen and oxygen atoms in total. The highest BCUT2D eigenvalue weighted by Gasteiger charge is 2.25. The van der Waals surface area contributed by atoms with Crippen LogP contribution < -0.4 is 15.6 Å². The van der Waals surface area contributed by atoms with Gasteiger partial charge in [-0.2, -0.15) is 0 Å². The van der Waals surface area contributed by atoms with E-state index < -0.39 is 16.9 Å². The van der Waals surface area contributed by atoms with Crippen molar-refractivity contribution in [3.8, 4) is 11.5 Å². The molecule has 0 aromatic heterocycles. The van der Waals surface area contributed by atoms with Gasteiger partial charge < -0.3 is 0 Å². The molecule has 0 aliphatic rings. The monoisotopic (exact) mass is 451 g/mol. The van der Waals surface area contributed by atoms with Crippen LogP contribution in [-0.2, 0) is 0 Å². The van der Waals surface area contributed by atoms with Crippen LogP contribution in [0.1, 0.15) is 39.5 Å². The van der Waals surface area contributed by atoms with Crippen molar-refractivity contribution in [2.24, 2.45) is 0 Å². The van der Waals surface area contributed by atoms with Crippen molar-refractivity contribution >= 4 is 32.4 Å². The van der Waals surface area contributed by atoms with Crippen LogP contribution >= 0.6 is 0 Å². The van der Waals surface area contributed by atoms with Crippen LogP contribution in [0.25, 0.3) is 0 Å². The zero-order valence-electron chi connectivity index (χ0n) is 20.0. The van der Waals surface area contributed by atoms with Gasteiger partial charge in [-0.25, -0.2) is 0 Å². The summed E-state index contributed by atoms with van der Waals surface area (Å²) in [6, 6.07) is 33.1. The van der Waals surface area contributed by atoms with E-state index in [4.69, 9.17) is 0 Å². The zero-order chi connectivity index (χ0) is 22.8. The lowest BCUT2D eigenvalue weighted by Gasteiger charge is -2.22. The van der Waals surface area contributed by atoms with Crippen molar-refractivity contribution in [1.29, 1.82) is 0 Å². The number of allylic oxidation sites excluding steroid dienone is 2. The van der Waals surface area contributed by atoms with Crippen molar-refractivity contribution in [2.75, 3.05) is 0 Å². The first-order valence-corrected chi connectivity index (χ1v) is 16.4. The highest BCUT2D eigenvalue weighted by molar-refractivity contribution is 6.96. The lowest BCUT2D eigenvalue weighted by molar-refractivity contribution is 0.886. The van der Waals surface area contributed by atoms with Crippen molar-refractivity contribution in [1.82, 2.24) is 0 Å². The first-order valence-electron chi connectivity index (χ1n) is 11.9. The van der Waals surface area contributed by atoms with Crippen LogP contribution in [0, 0.1) is 11.5 Å². The van der Waals surface area contributed by atoms with Crippen LogP contribution in [0.5, 0.6) is 0 Å². The summed E-state index contributed by atoms with van der Waals surface area (Å²) in [4.78, 5) is 0. The van der Waals surface area contributed by atoms with Gasteiger partial charge in [-0.3, -0.25) is 0 Å². The van der Waals surface area contributed by atoms with E-state index >= 15 is 0 Å². The Morgan fingerprint density at radius 1 is 0.688 bits per heavy atom. The molecule has 0 heterocycles. The second kappa shape index (κ2) is 11.9. The predicted octanol–water partition coefficient (Wildman–Crippen LogP) is 5.89. The minimum absolute atomic E-state index is 1.06. The summed E-state index contributed by atoms with van der Waals surface area (Å²) < 4.78 is 0. The topological polar surface area (TPSA) is 0 Å². The number of benzene rings is 3. The molecule has 0 spiro atoms. The van der Waals surface area contributed by atoms with Gasteiger partial charge in [-0.1, -0.05) is 152 Å². The maximum absolute atomic E-state index is 3.80. The summed E-state index contributed by atoms with van der Waals surface area (Å²) in [6.45, 7) is 9.33. The molecule has 0 aliphatic heterocycles. The second-order valence-corrected chi connectivity index (χ2v) is 15.4. The van der Waals surface area contributed by atoms with E-state index in [2.05, 4.69) is 129 Å².